The van der Waals surface area contributed by atoms with E-state index in [9.17, 15) is 0 Å². The zero-order valence-corrected chi connectivity index (χ0v) is 11.8. The SMILES string of the molecule is CCNC(C)C(CCl)c1ccc2ccsc2c1. The highest BCUT2D eigenvalue weighted by Crippen LogP contribution is 2.28. The van der Waals surface area contributed by atoms with Gasteiger partial charge in [-0.15, -0.1) is 22.9 Å². The van der Waals surface area contributed by atoms with E-state index in [2.05, 4.69) is 48.8 Å². The van der Waals surface area contributed by atoms with Gasteiger partial charge in [-0.25, -0.2) is 0 Å². The molecule has 0 fully saturated rings. The first-order chi connectivity index (χ1) is 8.26. The van der Waals surface area contributed by atoms with E-state index in [0.717, 1.165) is 6.54 Å². The zero-order chi connectivity index (χ0) is 12.3. The molecule has 0 bridgehead atoms. The summed E-state index contributed by atoms with van der Waals surface area (Å²) in [6.45, 7) is 5.31. The molecule has 0 radical (unpaired) electrons. The number of alkyl halides is 1. The molecule has 0 aliphatic heterocycles. The van der Waals surface area contributed by atoms with Gasteiger partial charge in [0.25, 0.3) is 0 Å². The third kappa shape index (κ3) is 2.82. The van der Waals surface area contributed by atoms with Crippen molar-refractivity contribution in [2.75, 3.05) is 12.4 Å². The molecule has 2 rings (SSSR count). The van der Waals surface area contributed by atoms with Crippen LogP contribution in [0.25, 0.3) is 10.1 Å². The maximum Gasteiger partial charge on any atom is 0.0345 e. The molecule has 92 valence electrons. The van der Waals surface area contributed by atoms with Crippen molar-refractivity contribution in [2.45, 2.75) is 25.8 Å². The average molecular weight is 268 g/mol. The zero-order valence-electron chi connectivity index (χ0n) is 10.2. The topological polar surface area (TPSA) is 12.0 Å². The average Bonchev–Trinajstić information content (AvgIpc) is 2.77. The number of fused-ring (bicyclic) bond motifs is 1. The molecule has 0 saturated heterocycles. The van der Waals surface area contributed by atoms with Crippen molar-refractivity contribution in [3.63, 3.8) is 0 Å². The summed E-state index contributed by atoms with van der Waals surface area (Å²) in [4.78, 5) is 0. The van der Waals surface area contributed by atoms with Gasteiger partial charge in [0.2, 0.25) is 0 Å². The van der Waals surface area contributed by atoms with Gasteiger partial charge >= 0.3 is 0 Å². The second-order valence-corrected chi connectivity index (χ2v) is 5.58. The van der Waals surface area contributed by atoms with Crippen LogP contribution in [-0.4, -0.2) is 18.5 Å². The summed E-state index contributed by atoms with van der Waals surface area (Å²) in [5.74, 6) is 1.04. The molecule has 0 saturated carbocycles. The van der Waals surface area contributed by atoms with Crippen LogP contribution in [0.2, 0.25) is 0 Å². The predicted octanol–water partition coefficient (Wildman–Crippen LogP) is 4.22. The third-order valence-corrected chi connectivity index (χ3v) is 4.42. The lowest BCUT2D eigenvalue weighted by molar-refractivity contribution is 0.498. The molecule has 1 N–H and O–H groups in total. The third-order valence-electron chi connectivity index (χ3n) is 3.20. The monoisotopic (exact) mass is 267 g/mol. The van der Waals surface area contributed by atoms with Crippen molar-refractivity contribution in [1.29, 1.82) is 0 Å². The lowest BCUT2D eigenvalue weighted by atomic mass is 9.94. The summed E-state index contributed by atoms with van der Waals surface area (Å²) in [7, 11) is 0. The molecule has 1 aromatic carbocycles. The van der Waals surface area contributed by atoms with Crippen LogP contribution in [-0.2, 0) is 0 Å². The van der Waals surface area contributed by atoms with Gasteiger partial charge in [0, 0.05) is 22.5 Å². The summed E-state index contributed by atoms with van der Waals surface area (Å²) in [5.41, 5.74) is 1.34. The minimum Gasteiger partial charge on any atom is -0.314 e. The fraction of sp³-hybridized carbons (Fsp3) is 0.429. The second kappa shape index (κ2) is 5.85. The Hall–Kier alpha value is -0.570. The van der Waals surface area contributed by atoms with Crippen LogP contribution in [0.1, 0.15) is 25.3 Å². The van der Waals surface area contributed by atoms with Gasteiger partial charge in [-0.2, -0.15) is 0 Å². The molecule has 1 aromatic heterocycles. The van der Waals surface area contributed by atoms with Gasteiger partial charge in [0.15, 0.2) is 0 Å². The molecule has 1 heterocycles. The molecular weight excluding hydrogens is 250 g/mol. The molecular formula is C14H18ClNS. The van der Waals surface area contributed by atoms with E-state index in [1.54, 1.807) is 11.3 Å². The maximum atomic E-state index is 6.12. The minimum atomic E-state index is 0.378. The first kappa shape index (κ1) is 12.9. The largest absolute Gasteiger partial charge is 0.314 e. The molecule has 0 spiro atoms. The molecule has 0 amide bonds. The number of halogens is 1. The molecule has 0 aliphatic rings. The first-order valence-electron chi connectivity index (χ1n) is 6.02. The Morgan fingerprint density at radius 2 is 2.18 bits per heavy atom. The number of likely N-dealkylation sites (N-methyl/N-ethyl adjacent to an activating group) is 1. The summed E-state index contributed by atoms with van der Waals surface area (Å²) in [5, 5.41) is 6.91. The van der Waals surface area contributed by atoms with E-state index in [1.807, 2.05) is 0 Å². The van der Waals surface area contributed by atoms with E-state index in [0.29, 0.717) is 17.8 Å². The molecule has 2 unspecified atom stereocenters. The summed E-state index contributed by atoms with van der Waals surface area (Å²) < 4.78 is 1.35. The molecule has 2 atom stereocenters. The van der Waals surface area contributed by atoms with Crippen molar-refractivity contribution in [2.24, 2.45) is 0 Å². The molecule has 1 nitrogen and oxygen atoms in total. The highest BCUT2D eigenvalue weighted by atomic mass is 35.5. The van der Waals surface area contributed by atoms with Gasteiger partial charge in [0.1, 0.15) is 0 Å². The van der Waals surface area contributed by atoms with Gasteiger partial charge in [-0.05, 0) is 41.9 Å². The van der Waals surface area contributed by atoms with Gasteiger partial charge in [-0.3, -0.25) is 0 Å². The quantitative estimate of drug-likeness (QED) is 0.800. The summed E-state index contributed by atoms with van der Waals surface area (Å²) in [6, 6.07) is 9.25. The molecule has 0 aliphatic carbocycles. The van der Waals surface area contributed by atoms with Crippen molar-refractivity contribution in [3.05, 3.63) is 35.2 Å². The summed E-state index contributed by atoms with van der Waals surface area (Å²) >= 11 is 7.91. The Morgan fingerprint density at radius 3 is 2.88 bits per heavy atom. The van der Waals surface area contributed by atoms with E-state index >= 15 is 0 Å². The van der Waals surface area contributed by atoms with Crippen LogP contribution in [0.15, 0.2) is 29.6 Å². The predicted molar refractivity (Wildman–Crippen MR) is 78.4 cm³/mol. The fourth-order valence-electron chi connectivity index (χ4n) is 2.18. The highest BCUT2D eigenvalue weighted by molar-refractivity contribution is 7.17. The lowest BCUT2D eigenvalue weighted by Gasteiger charge is -2.23. The van der Waals surface area contributed by atoms with Crippen LogP contribution < -0.4 is 5.32 Å². The van der Waals surface area contributed by atoms with Crippen LogP contribution in [0.5, 0.6) is 0 Å². The first-order valence-corrected chi connectivity index (χ1v) is 7.44. The molecule has 3 heteroatoms. The van der Waals surface area contributed by atoms with Crippen molar-refractivity contribution >= 4 is 33.0 Å². The van der Waals surface area contributed by atoms with E-state index in [4.69, 9.17) is 11.6 Å². The van der Waals surface area contributed by atoms with Crippen LogP contribution in [0.4, 0.5) is 0 Å². The molecule has 17 heavy (non-hydrogen) atoms. The maximum absolute atomic E-state index is 6.12. The van der Waals surface area contributed by atoms with Gasteiger partial charge < -0.3 is 5.32 Å². The van der Waals surface area contributed by atoms with E-state index < -0.39 is 0 Å². The van der Waals surface area contributed by atoms with Crippen LogP contribution in [0, 0.1) is 0 Å². The van der Waals surface area contributed by atoms with Gasteiger partial charge in [-0.1, -0.05) is 19.1 Å². The lowest BCUT2D eigenvalue weighted by Crippen LogP contribution is -2.32. The van der Waals surface area contributed by atoms with Crippen LogP contribution >= 0.6 is 22.9 Å². The fourth-order valence-corrected chi connectivity index (χ4v) is 3.46. The number of hydrogen-bond donors (Lipinski definition) is 1. The van der Waals surface area contributed by atoms with Crippen molar-refractivity contribution in [1.82, 2.24) is 5.32 Å². The number of thiophene rings is 1. The van der Waals surface area contributed by atoms with E-state index in [-0.39, 0.29) is 0 Å². The minimum absolute atomic E-state index is 0.378. The molecule has 2 aromatic rings. The number of nitrogens with one attached hydrogen (secondary N) is 1. The smallest absolute Gasteiger partial charge is 0.0345 e. The number of rotatable bonds is 5. The Balaban J connectivity index is 2.28. The number of benzene rings is 1. The highest BCUT2D eigenvalue weighted by Gasteiger charge is 2.17. The second-order valence-electron chi connectivity index (χ2n) is 4.33. The Morgan fingerprint density at radius 1 is 1.35 bits per heavy atom. The normalized spacial score (nSPS) is 15.0. The standard InChI is InChI=1S/C14H18ClNS/c1-3-16-10(2)13(9-15)12-5-4-11-6-7-17-14(11)8-12/h4-8,10,13,16H,3,9H2,1-2H3. The summed E-state index contributed by atoms with van der Waals surface area (Å²) in [6.07, 6.45) is 0. The number of hydrogen-bond acceptors (Lipinski definition) is 2. The Labute approximate surface area is 112 Å². The van der Waals surface area contributed by atoms with Crippen molar-refractivity contribution in [3.8, 4) is 0 Å². The Kier molecular flexibility index (Phi) is 4.43. The van der Waals surface area contributed by atoms with E-state index in [1.165, 1.54) is 15.6 Å². The van der Waals surface area contributed by atoms with Gasteiger partial charge in [0.05, 0.1) is 0 Å². The van der Waals surface area contributed by atoms with Crippen molar-refractivity contribution < 1.29 is 0 Å². The van der Waals surface area contributed by atoms with Crippen LogP contribution in [0.3, 0.4) is 0 Å². The Bertz CT molecular complexity index is 480.